The quantitative estimate of drug-likeness (QED) is 0.896. The van der Waals surface area contributed by atoms with Gasteiger partial charge in [-0.2, -0.15) is 0 Å². The number of amides is 1. The molecule has 0 aliphatic heterocycles. The van der Waals surface area contributed by atoms with Gasteiger partial charge < -0.3 is 11.1 Å². The number of nitrogens with zero attached hydrogens (tertiary/aromatic N) is 1. The number of nitrogens with two attached hydrogens (primary N) is 1. The van der Waals surface area contributed by atoms with Crippen LogP contribution >= 0.6 is 15.9 Å². The van der Waals surface area contributed by atoms with Crippen molar-refractivity contribution in [2.75, 3.05) is 11.1 Å². The summed E-state index contributed by atoms with van der Waals surface area (Å²) in [5.41, 5.74) is 6.30. The van der Waals surface area contributed by atoms with Crippen molar-refractivity contribution in [3.8, 4) is 0 Å². The van der Waals surface area contributed by atoms with Gasteiger partial charge in [-0.1, -0.05) is 15.9 Å². The number of nitrogen functional groups attached to an aromatic ring is 1. The Morgan fingerprint density at radius 2 is 2.17 bits per heavy atom. The van der Waals surface area contributed by atoms with Gasteiger partial charge in [0.15, 0.2) is 0 Å². The molecule has 4 nitrogen and oxygen atoms in total. The fourth-order valence-electron chi connectivity index (χ4n) is 1.38. The summed E-state index contributed by atoms with van der Waals surface area (Å²) in [5, 5.41) is 2.53. The minimum absolute atomic E-state index is 0.0550. The van der Waals surface area contributed by atoms with Crippen molar-refractivity contribution in [3.05, 3.63) is 52.5 Å². The van der Waals surface area contributed by atoms with E-state index in [0.717, 1.165) is 0 Å². The second-order valence-corrected chi connectivity index (χ2v) is 4.46. The lowest BCUT2D eigenvalue weighted by atomic mass is 10.2. The number of rotatable bonds is 2. The van der Waals surface area contributed by atoms with Crippen LogP contribution in [0.5, 0.6) is 0 Å². The Hall–Kier alpha value is -1.95. The number of hydrogen-bond donors (Lipinski definition) is 2. The van der Waals surface area contributed by atoms with Crippen molar-refractivity contribution in [2.24, 2.45) is 0 Å². The average Bonchev–Trinajstić information content (AvgIpc) is 2.35. The van der Waals surface area contributed by atoms with Gasteiger partial charge in [0.05, 0.1) is 23.1 Å². The van der Waals surface area contributed by atoms with E-state index in [-0.39, 0.29) is 5.56 Å². The summed E-state index contributed by atoms with van der Waals surface area (Å²) in [5.74, 6) is -1.16. The predicted molar refractivity (Wildman–Crippen MR) is 70.7 cm³/mol. The van der Waals surface area contributed by atoms with Crippen molar-refractivity contribution in [1.29, 1.82) is 0 Å². The van der Waals surface area contributed by atoms with Crippen molar-refractivity contribution in [3.63, 3.8) is 0 Å². The van der Waals surface area contributed by atoms with Crippen molar-refractivity contribution in [2.45, 2.75) is 0 Å². The molecule has 3 N–H and O–H groups in total. The summed E-state index contributed by atoms with van der Waals surface area (Å²) >= 11 is 3.18. The molecule has 18 heavy (non-hydrogen) atoms. The van der Waals surface area contributed by atoms with E-state index in [1.807, 2.05) is 0 Å². The summed E-state index contributed by atoms with van der Waals surface area (Å²) in [6, 6.07) is 5.69. The molecule has 1 heterocycles. The molecule has 92 valence electrons. The lowest BCUT2D eigenvalue weighted by molar-refractivity contribution is 0.102. The van der Waals surface area contributed by atoms with Crippen molar-refractivity contribution >= 4 is 33.2 Å². The second-order valence-electron chi connectivity index (χ2n) is 3.54. The number of halogens is 2. The SMILES string of the molecule is Nc1cnccc1NC(=O)c1cc(Br)ccc1F. The molecule has 2 rings (SSSR count). The van der Waals surface area contributed by atoms with Crippen LogP contribution in [0.25, 0.3) is 0 Å². The fraction of sp³-hybridized carbons (Fsp3) is 0. The van der Waals surface area contributed by atoms with Crippen LogP contribution in [0, 0.1) is 5.82 Å². The van der Waals surface area contributed by atoms with Crippen LogP contribution < -0.4 is 11.1 Å². The first-order valence-corrected chi connectivity index (χ1v) is 5.83. The third kappa shape index (κ3) is 2.65. The molecule has 0 saturated carbocycles. The van der Waals surface area contributed by atoms with Crippen LogP contribution in [-0.4, -0.2) is 10.9 Å². The summed E-state index contributed by atoms with van der Waals surface area (Å²) in [6.45, 7) is 0. The van der Waals surface area contributed by atoms with Gasteiger partial charge in [-0.25, -0.2) is 4.39 Å². The summed E-state index contributed by atoms with van der Waals surface area (Å²) in [4.78, 5) is 15.7. The highest BCUT2D eigenvalue weighted by molar-refractivity contribution is 9.10. The molecule has 1 amide bonds. The molecule has 0 bridgehead atoms. The third-order valence-corrected chi connectivity index (χ3v) is 2.77. The molecule has 0 aliphatic carbocycles. The Morgan fingerprint density at radius 3 is 2.89 bits per heavy atom. The largest absolute Gasteiger partial charge is 0.396 e. The second kappa shape index (κ2) is 5.14. The molecule has 0 unspecified atom stereocenters. The van der Waals surface area contributed by atoms with E-state index in [4.69, 9.17) is 5.73 Å². The number of benzene rings is 1. The van der Waals surface area contributed by atoms with Crippen LogP contribution in [0.2, 0.25) is 0 Å². The molecule has 1 aromatic heterocycles. The molecule has 0 spiro atoms. The Labute approximate surface area is 111 Å². The number of carbonyl (C=O) groups is 1. The lowest BCUT2D eigenvalue weighted by Crippen LogP contribution is -2.15. The lowest BCUT2D eigenvalue weighted by Gasteiger charge is -2.08. The zero-order valence-corrected chi connectivity index (χ0v) is 10.7. The van der Waals surface area contributed by atoms with E-state index in [0.29, 0.717) is 15.8 Å². The van der Waals surface area contributed by atoms with Crippen LogP contribution in [0.1, 0.15) is 10.4 Å². The number of pyridine rings is 1. The molecule has 0 aliphatic rings. The topological polar surface area (TPSA) is 68.0 Å². The standard InChI is InChI=1S/C12H9BrFN3O/c13-7-1-2-9(14)8(5-7)12(18)17-11-3-4-16-6-10(11)15/h1-6H,15H2,(H,16,17,18). The average molecular weight is 310 g/mol. The Balaban J connectivity index is 2.28. The van der Waals surface area contributed by atoms with Crippen molar-refractivity contribution < 1.29 is 9.18 Å². The smallest absolute Gasteiger partial charge is 0.258 e. The van der Waals surface area contributed by atoms with Gasteiger partial charge in [-0.3, -0.25) is 9.78 Å². The molecule has 0 fully saturated rings. The van der Waals surface area contributed by atoms with Gasteiger partial charge in [0.1, 0.15) is 5.82 Å². The summed E-state index contributed by atoms with van der Waals surface area (Å²) in [7, 11) is 0. The zero-order valence-electron chi connectivity index (χ0n) is 9.15. The van der Waals surface area contributed by atoms with E-state index in [2.05, 4.69) is 26.2 Å². The normalized spacial score (nSPS) is 10.1. The van der Waals surface area contributed by atoms with Gasteiger partial charge in [0.25, 0.3) is 5.91 Å². The molecule has 0 atom stereocenters. The first kappa shape index (κ1) is 12.5. The van der Waals surface area contributed by atoms with Gasteiger partial charge in [-0.15, -0.1) is 0 Å². The maximum Gasteiger partial charge on any atom is 0.258 e. The van der Waals surface area contributed by atoms with Gasteiger partial charge in [0, 0.05) is 10.7 Å². The van der Waals surface area contributed by atoms with Crippen LogP contribution in [0.3, 0.4) is 0 Å². The highest BCUT2D eigenvalue weighted by Crippen LogP contribution is 2.19. The van der Waals surface area contributed by atoms with E-state index < -0.39 is 11.7 Å². The highest BCUT2D eigenvalue weighted by atomic mass is 79.9. The third-order valence-electron chi connectivity index (χ3n) is 2.27. The van der Waals surface area contributed by atoms with E-state index in [1.54, 1.807) is 6.07 Å². The first-order valence-electron chi connectivity index (χ1n) is 5.04. The Kier molecular flexibility index (Phi) is 3.57. The summed E-state index contributed by atoms with van der Waals surface area (Å²) in [6.07, 6.45) is 2.90. The number of nitrogens with one attached hydrogen (secondary N) is 1. The monoisotopic (exact) mass is 309 g/mol. The number of anilines is 2. The highest BCUT2D eigenvalue weighted by Gasteiger charge is 2.13. The Morgan fingerprint density at radius 1 is 1.39 bits per heavy atom. The van der Waals surface area contributed by atoms with Gasteiger partial charge in [-0.05, 0) is 24.3 Å². The first-order chi connectivity index (χ1) is 8.58. The van der Waals surface area contributed by atoms with Crippen LogP contribution in [-0.2, 0) is 0 Å². The molecular weight excluding hydrogens is 301 g/mol. The van der Waals surface area contributed by atoms with Crippen molar-refractivity contribution in [1.82, 2.24) is 4.98 Å². The molecule has 0 saturated heterocycles. The number of carbonyl (C=O) groups excluding carboxylic acids is 1. The maximum atomic E-state index is 13.5. The zero-order chi connectivity index (χ0) is 13.1. The molecule has 0 radical (unpaired) electrons. The molecular formula is C12H9BrFN3O. The number of aromatic nitrogens is 1. The van der Waals surface area contributed by atoms with E-state index >= 15 is 0 Å². The van der Waals surface area contributed by atoms with Gasteiger partial charge in [0.2, 0.25) is 0 Å². The van der Waals surface area contributed by atoms with Crippen LogP contribution in [0.15, 0.2) is 41.1 Å². The minimum atomic E-state index is -0.594. The van der Waals surface area contributed by atoms with E-state index in [1.165, 1.54) is 30.6 Å². The maximum absolute atomic E-state index is 13.5. The predicted octanol–water partition coefficient (Wildman–Crippen LogP) is 2.82. The molecule has 2 aromatic rings. The minimum Gasteiger partial charge on any atom is -0.396 e. The van der Waals surface area contributed by atoms with Gasteiger partial charge >= 0.3 is 0 Å². The number of hydrogen-bond acceptors (Lipinski definition) is 3. The summed E-state index contributed by atoms with van der Waals surface area (Å²) < 4.78 is 14.1. The molecule has 6 heteroatoms. The molecule has 1 aromatic carbocycles. The van der Waals surface area contributed by atoms with E-state index in [9.17, 15) is 9.18 Å². The van der Waals surface area contributed by atoms with Crippen LogP contribution in [0.4, 0.5) is 15.8 Å². The Bertz CT molecular complexity index is 604. The fourth-order valence-corrected chi connectivity index (χ4v) is 1.74.